The monoisotopic (exact) mass is 295 g/mol. The third-order valence-corrected chi connectivity index (χ3v) is 4.21. The molecular weight excluding hydrogens is 266 g/mol. The lowest BCUT2D eigenvalue weighted by atomic mass is 9.81. The molecule has 1 nitrogen and oxygen atoms in total. The first kappa shape index (κ1) is 16.8. The molecule has 2 rings (SSSR count). The van der Waals surface area contributed by atoms with Crippen LogP contribution in [0.5, 0.6) is 0 Å². The van der Waals surface area contributed by atoms with E-state index in [2.05, 4.69) is 86.5 Å². The van der Waals surface area contributed by atoms with Crippen LogP contribution < -0.4 is 0 Å². The average molecular weight is 295 g/mol. The Labute approximate surface area is 136 Å². The summed E-state index contributed by atoms with van der Waals surface area (Å²) in [5, 5.41) is 0. The van der Waals surface area contributed by atoms with Gasteiger partial charge < -0.3 is 4.90 Å². The highest BCUT2D eigenvalue weighted by atomic mass is 15.1. The van der Waals surface area contributed by atoms with Gasteiger partial charge in [-0.25, -0.2) is 0 Å². The molecule has 0 saturated heterocycles. The molecule has 0 spiro atoms. The number of rotatable bonds is 8. The Bertz CT molecular complexity index is 530. The van der Waals surface area contributed by atoms with Crippen LogP contribution in [0.2, 0.25) is 0 Å². The summed E-state index contributed by atoms with van der Waals surface area (Å²) in [7, 11) is 2.22. The van der Waals surface area contributed by atoms with Gasteiger partial charge in [-0.05, 0) is 49.4 Å². The van der Waals surface area contributed by atoms with E-state index in [1.807, 2.05) is 0 Å². The maximum Gasteiger partial charge on any atom is 0.0230 e. The highest BCUT2D eigenvalue weighted by Gasteiger charge is 2.18. The van der Waals surface area contributed by atoms with Crippen LogP contribution in [0.25, 0.3) is 0 Å². The van der Waals surface area contributed by atoms with Gasteiger partial charge in [-0.2, -0.15) is 0 Å². The van der Waals surface area contributed by atoms with Gasteiger partial charge in [0.05, 0.1) is 0 Å². The van der Waals surface area contributed by atoms with Gasteiger partial charge in [0.1, 0.15) is 0 Å². The molecule has 0 fully saturated rings. The van der Waals surface area contributed by atoms with E-state index in [0.717, 1.165) is 19.5 Å². The molecule has 1 heteroatoms. The van der Waals surface area contributed by atoms with Crippen LogP contribution in [-0.2, 0) is 13.0 Å². The van der Waals surface area contributed by atoms with E-state index in [1.165, 1.54) is 24.0 Å². The van der Waals surface area contributed by atoms with E-state index >= 15 is 0 Å². The van der Waals surface area contributed by atoms with Crippen molar-refractivity contribution in [2.75, 3.05) is 13.6 Å². The van der Waals surface area contributed by atoms with Crippen molar-refractivity contribution in [2.45, 2.75) is 39.7 Å². The van der Waals surface area contributed by atoms with Crippen molar-refractivity contribution in [2.24, 2.45) is 5.41 Å². The average Bonchev–Trinajstić information content (AvgIpc) is 2.48. The summed E-state index contributed by atoms with van der Waals surface area (Å²) >= 11 is 0. The predicted octanol–water partition coefficient (Wildman–Crippen LogP) is 5.17. The first-order chi connectivity index (χ1) is 10.6. The Morgan fingerprint density at radius 1 is 0.818 bits per heavy atom. The van der Waals surface area contributed by atoms with Crippen LogP contribution in [0, 0.1) is 5.41 Å². The van der Waals surface area contributed by atoms with Crippen molar-refractivity contribution in [3.05, 3.63) is 71.8 Å². The van der Waals surface area contributed by atoms with Crippen LogP contribution in [0.15, 0.2) is 60.7 Å². The Kier molecular flexibility index (Phi) is 6.21. The number of hydrogen-bond acceptors (Lipinski definition) is 1. The van der Waals surface area contributed by atoms with Crippen LogP contribution in [0.3, 0.4) is 0 Å². The van der Waals surface area contributed by atoms with Crippen molar-refractivity contribution < 1.29 is 0 Å². The molecule has 0 atom stereocenters. The standard InChI is InChI=1S/C21H29N/c1-21(2,17-19-11-6-4-7-12-19)15-10-16-22(3)18-20-13-8-5-9-14-20/h4-9,11-14H,10,15-18H2,1-3H3. The van der Waals surface area contributed by atoms with Crippen molar-refractivity contribution in [1.29, 1.82) is 0 Å². The zero-order valence-electron chi connectivity index (χ0n) is 14.3. The van der Waals surface area contributed by atoms with E-state index < -0.39 is 0 Å². The lowest BCUT2D eigenvalue weighted by Gasteiger charge is -2.26. The van der Waals surface area contributed by atoms with Crippen molar-refractivity contribution in [1.82, 2.24) is 4.90 Å². The maximum absolute atomic E-state index is 2.42. The van der Waals surface area contributed by atoms with Crippen LogP contribution >= 0.6 is 0 Å². The molecule has 118 valence electrons. The molecule has 0 heterocycles. The van der Waals surface area contributed by atoms with Gasteiger partial charge >= 0.3 is 0 Å². The first-order valence-corrected chi connectivity index (χ1v) is 8.32. The quantitative estimate of drug-likeness (QED) is 0.649. The second kappa shape index (κ2) is 8.14. The number of benzene rings is 2. The summed E-state index contributed by atoms with van der Waals surface area (Å²) in [6.07, 6.45) is 3.68. The minimum Gasteiger partial charge on any atom is -0.302 e. The molecule has 0 amide bonds. The SMILES string of the molecule is CN(CCCC(C)(C)Cc1ccccc1)Cc1ccccc1. The lowest BCUT2D eigenvalue weighted by Crippen LogP contribution is -2.22. The summed E-state index contributed by atoms with van der Waals surface area (Å²) in [5.74, 6) is 0. The zero-order chi connectivity index (χ0) is 15.8. The highest BCUT2D eigenvalue weighted by Crippen LogP contribution is 2.27. The molecule has 0 radical (unpaired) electrons. The molecule has 0 bridgehead atoms. The van der Waals surface area contributed by atoms with Crippen molar-refractivity contribution in [3.63, 3.8) is 0 Å². The Hall–Kier alpha value is -1.60. The van der Waals surface area contributed by atoms with E-state index in [1.54, 1.807) is 0 Å². The molecule has 0 aliphatic carbocycles. The fourth-order valence-corrected chi connectivity index (χ4v) is 3.04. The normalized spacial score (nSPS) is 11.8. The van der Waals surface area contributed by atoms with Gasteiger partial charge in [0.2, 0.25) is 0 Å². The Balaban J connectivity index is 1.72. The molecule has 0 aliphatic rings. The van der Waals surface area contributed by atoms with Gasteiger partial charge in [-0.15, -0.1) is 0 Å². The van der Waals surface area contributed by atoms with Crippen LogP contribution in [-0.4, -0.2) is 18.5 Å². The van der Waals surface area contributed by atoms with E-state index in [0.29, 0.717) is 5.41 Å². The second-order valence-electron chi connectivity index (χ2n) is 7.15. The van der Waals surface area contributed by atoms with E-state index in [-0.39, 0.29) is 0 Å². The highest BCUT2D eigenvalue weighted by molar-refractivity contribution is 5.16. The smallest absolute Gasteiger partial charge is 0.0230 e. The topological polar surface area (TPSA) is 3.24 Å². The molecule has 0 unspecified atom stereocenters. The molecule has 0 aromatic heterocycles. The number of hydrogen-bond donors (Lipinski definition) is 0. The summed E-state index contributed by atoms with van der Waals surface area (Å²) in [5.41, 5.74) is 3.22. The third-order valence-electron chi connectivity index (χ3n) is 4.21. The summed E-state index contributed by atoms with van der Waals surface area (Å²) in [6, 6.07) is 21.6. The van der Waals surface area contributed by atoms with Gasteiger partial charge in [-0.1, -0.05) is 74.5 Å². The fraction of sp³-hybridized carbons (Fsp3) is 0.429. The fourth-order valence-electron chi connectivity index (χ4n) is 3.04. The largest absolute Gasteiger partial charge is 0.302 e. The Morgan fingerprint density at radius 3 is 1.95 bits per heavy atom. The van der Waals surface area contributed by atoms with Gasteiger partial charge in [0, 0.05) is 6.54 Å². The zero-order valence-corrected chi connectivity index (χ0v) is 14.3. The molecule has 2 aromatic rings. The molecule has 2 aromatic carbocycles. The second-order valence-corrected chi connectivity index (χ2v) is 7.15. The third kappa shape index (κ3) is 6.03. The van der Waals surface area contributed by atoms with Gasteiger partial charge in [-0.3, -0.25) is 0 Å². The van der Waals surface area contributed by atoms with Crippen LogP contribution in [0.4, 0.5) is 0 Å². The van der Waals surface area contributed by atoms with Crippen LogP contribution in [0.1, 0.15) is 37.8 Å². The molecule has 0 saturated carbocycles. The maximum atomic E-state index is 2.42. The van der Waals surface area contributed by atoms with Gasteiger partial charge in [0.15, 0.2) is 0 Å². The summed E-state index contributed by atoms with van der Waals surface area (Å²) in [6.45, 7) is 6.97. The van der Waals surface area contributed by atoms with E-state index in [4.69, 9.17) is 0 Å². The lowest BCUT2D eigenvalue weighted by molar-refractivity contribution is 0.267. The minimum atomic E-state index is 0.370. The minimum absolute atomic E-state index is 0.370. The molecular formula is C21H29N. The molecule has 22 heavy (non-hydrogen) atoms. The molecule has 0 aliphatic heterocycles. The van der Waals surface area contributed by atoms with Gasteiger partial charge in [0.25, 0.3) is 0 Å². The number of nitrogens with zero attached hydrogens (tertiary/aromatic N) is 1. The Morgan fingerprint density at radius 2 is 1.36 bits per heavy atom. The van der Waals surface area contributed by atoms with Crippen molar-refractivity contribution >= 4 is 0 Å². The summed E-state index contributed by atoms with van der Waals surface area (Å²) < 4.78 is 0. The first-order valence-electron chi connectivity index (χ1n) is 8.32. The molecule has 0 N–H and O–H groups in total. The summed E-state index contributed by atoms with van der Waals surface area (Å²) in [4.78, 5) is 2.42. The van der Waals surface area contributed by atoms with Crippen molar-refractivity contribution in [3.8, 4) is 0 Å². The predicted molar refractivity (Wildman–Crippen MR) is 95.9 cm³/mol. The van der Waals surface area contributed by atoms with E-state index in [9.17, 15) is 0 Å².